The van der Waals surface area contributed by atoms with E-state index in [4.69, 9.17) is 14.2 Å². The molecule has 0 amide bonds. The predicted octanol–water partition coefficient (Wildman–Crippen LogP) is 2.85. The number of methoxy groups -OCH3 is 3. The summed E-state index contributed by atoms with van der Waals surface area (Å²) in [6.07, 6.45) is 2.77. The van der Waals surface area contributed by atoms with E-state index in [-0.39, 0.29) is 0 Å². The number of ether oxygens (including phenoxy) is 3. The highest BCUT2D eigenvalue weighted by Crippen LogP contribution is 2.37. The van der Waals surface area contributed by atoms with Crippen LogP contribution in [0.3, 0.4) is 0 Å². The second-order valence-corrected chi connectivity index (χ2v) is 5.46. The number of hydrogen-bond acceptors (Lipinski definition) is 4. The third-order valence-corrected chi connectivity index (χ3v) is 4.01. The second kappa shape index (κ2) is 6.84. The Morgan fingerprint density at radius 3 is 2.15 bits per heavy atom. The molecule has 1 atom stereocenters. The van der Waals surface area contributed by atoms with Crippen molar-refractivity contribution in [2.24, 2.45) is 11.8 Å². The molecule has 2 rings (SSSR count). The van der Waals surface area contributed by atoms with Crippen molar-refractivity contribution in [3.63, 3.8) is 0 Å². The first-order valence-corrected chi connectivity index (χ1v) is 7.19. The first-order chi connectivity index (χ1) is 9.69. The summed E-state index contributed by atoms with van der Waals surface area (Å²) in [5.74, 6) is 4.00. The van der Waals surface area contributed by atoms with Crippen LogP contribution in [0.2, 0.25) is 0 Å². The monoisotopic (exact) mass is 279 g/mol. The maximum atomic E-state index is 5.45. The lowest BCUT2D eigenvalue weighted by Gasteiger charge is -2.17. The van der Waals surface area contributed by atoms with Crippen LogP contribution in [-0.4, -0.2) is 27.9 Å². The minimum absolute atomic E-state index is 0.741. The zero-order valence-corrected chi connectivity index (χ0v) is 12.9. The molecule has 1 aliphatic carbocycles. The minimum atomic E-state index is 0.741. The van der Waals surface area contributed by atoms with E-state index in [0.29, 0.717) is 0 Å². The zero-order chi connectivity index (χ0) is 14.5. The lowest BCUT2D eigenvalue weighted by molar-refractivity contribution is 0.364. The molecule has 0 heterocycles. The van der Waals surface area contributed by atoms with Gasteiger partial charge in [-0.1, -0.05) is 6.92 Å². The molecule has 1 unspecified atom stereocenters. The van der Waals surface area contributed by atoms with E-state index >= 15 is 0 Å². The standard InChI is InChI=1S/C16H25NO3/c1-11(12-5-6-12)9-17-10-14-15(19-3)7-13(18-2)8-16(14)20-4/h7-8,11-12,17H,5-6,9-10H2,1-4H3. The Bertz CT molecular complexity index is 418. The van der Waals surface area contributed by atoms with Crippen LogP contribution in [0.25, 0.3) is 0 Å². The summed E-state index contributed by atoms with van der Waals surface area (Å²) in [6.45, 7) is 4.09. The zero-order valence-electron chi connectivity index (χ0n) is 12.9. The van der Waals surface area contributed by atoms with Gasteiger partial charge in [-0.25, -0.2) is 0 Å². The van der Waals surface area contributed by atoms with Gasteiger partial charge in [0.25, 0.3) is 0 Å². The molecule has 4 heteroatoms. The van der Waals surface area contributed by atoms with Crippen molar-refractivity contribution in [2.45, 2.75) is 26.3 Å². The number of nitrogens with one attached hydrogen (secondary N) is 1. The van der Waals surface area contributed by atoms with Gasteiger partial charge < -0.3 is 19.5 Å². The molecule has 0 aromatic heterocycles. The Balaban J connectivity index is 2.04. The Morgan fingerprint density at radius 2 is 1.70 bits per heavy atom. The summed E-state index contributed by atoms with van der Waals surface area (Å²) >= 11 is 0. The van der Waals surface area contributed by atoms with E-state index in [0.717, 1.165) is 47.7 Å². The molecule has 1 saturated carbocycles. The van der Waals surface area contributed by atoms with Gasteiger partial charge in [0.1, 0.15) is 17.2 Å². The molecule has 4 nitrogen and oxygen atoms in total. The normalized spacial score (nSPS) is 15.8. The second-order valence-electron chi connectivity index (χ2n) is 5.46. The Labute approximate surface area is 121 Å². The van der Waals surface area contributed by atoms with Crippen molar-refractivity contribution in [3.05, 3.63) is 17.7 Å². The van der Waals surface area contributed by atoms with E-state index in [2.05, 4.69) is 12.2 Å². The molecule has 0 radical (unpaired) electrons. The Kier molecular flexibility index (Phi) is 5.12. The summed E-state index contributed by atoms with van der Waals surface area (Å²) in [7, 11) is 4.98. The molecule has 0 aliphatic heterocycles. The molecule has 1 aromatic carbocycles. The molecule has 0 bridgehead atoms. The molecular weight excluding hydrogens is 254 g/mol. The third kappa shape index (κ3) is 3.57. The summed E-state index contributed by atoms with van der Waals surface area (Å²) in [6, 6.07) is 3.79. The number of hydrogen-bond donors (Lipinski definition) is 1. The van der Waals surface area contributed by atoms with Gasteiger partial charge >= 0.3 is 0 Å². The maximum Gasteiger partial charge on any atom is 0.130 e. The van der Waals surface area contributed by atoms with Gasteiger partial charge in [0, 0.05) is 18.7 Å². The van der Waals surface area contributed by atoms with Gasteiger partial charge in [0.2, 0.25) is 0 Å². The van der Waals surface area contributed by atoms with Gasteiger partial charge in [0.15, 0.2) is 0 Å². The molecule has 1 fully saturated rings. The van der Waals surface area contributed by atoms with Crippen LogP contribution in [0.15, 0.2) is 12.1 Å². The highest BCUT2D eigenvalue weighted by molar-refractivity contribution is 5.50. The molecule has 112 valence electrons. The van der Waals surface area contributed by atoms with Crippen LogP contribution in [0.1, 0.15) is 25.3 Å². The highest BCUT2D eigenvalue weighted by atomic mass is 16.5. The van der Waals surface area contributed by atoms with Crippen molar-refractivity contribution in [1.29, 1.82) is 0 Å². The lowest BCUT2D eigenvalue weighted by Crippen LogP contribution is -2.22. The van der Waals surface area contributed by atoms with Crippen molar-refractivity contribution < 1.29 is 14.2 Å². The molecule has 0 saturated heterocycles. The van der Waals surface area contributed by atoms with E-state index in [9.17, 15) is 0 Å². The first-order valence-electron chi connectivity index (χ1n) is 7.19. The molecule has 0 spiro atoms. The summed E-state index contributed by atoms with van der Waals surface area (Å²) in [5, 5.41) is 3.51. The summed E-state index contributed by atoms with van der Waals surface area (Å²) in [5.41, 5.74) is 1.04. The van der Waals surface area contributed by atoms with Gasteiger partial charge in [-0.3, -0.25) is 0 Å². The van der Waals surface area contributed by atoms with E-state index < -0.39 is 0 Å². The van der Waals surface area contributed by atoms with Crippen LogP contribution >= 0.6 is 0 Å². The highest BCUT2D eigenvalue weighted by Gasteiger charge is 2.27. The van der Waals surface area contributed by atoms with Crippen LogP contribution in [0, 0.1) is 11.8 Å². The maximum absolute atomic E-state index is 5.45. The predicted molar refractivity (Wildman–Crippen MR) is 79.7 cm³/mol. The van der Waals surface area contributed by atoms with Crippen LogP contribution in [-0.2, 0) is 6.54 Å². The van der Waals surface area contributed by atoms with E-state index in [1.807, 2.05) is 12.1 Å². The SMILES string of the molecule is COc1cc(OC)c(CNCC(C)C2CC2)c(OC)c1. The van der Waals surface area contributed by atoms with Crippen molar-refractivity contribution in [1.82, 2.24) is 5.32 Å². The summed E-state index contributed by atoms with van der Waals surface area (Å²) < 4.78 is 16.2. The van der Waals surface area contributed by atoms with E-state index in [1.165, 1.54) is 12.8 Å². The molecule has 1 N–H and O–H groups in total. The smallest absolute Gasteiger partial charge is 0.130 e. The quantitative estimate of drug-likeness (QED) is 0.794. The van der Waals surface area contributed by atoms with Crippen LogP contribution in [0.5, 0.6) is 17.2 Å². The van der Waals surface area contributed by atoms with E-state index in [1.54, 1.807) is 21.3 Å². The number of benzene rings is 1. The van der Waals surface area contributed by atoms with Crippen LogP contribution < -0.4 is 19.5 Å². The average molecular weight is 279 g/mol. The van der Waals surface area contributed by atoms with Crippen molar-refractivity contribution in [2.75, 3.05) is 27.9 Å². The fraction of sp³-hybridized carbons (Fsp3) is 0.625. The fourth-order valence-electron chi connectivity index (χ4n) is 2.51. The molecular formula is C16H25NO3. The lowest BCUT2D eigenvalue weighted by atomic mass is 10.1. The molecule has 1 aromatic rings. The van der Waals surface area contributed by atoms with Gasteiger partial charge in [-0.05, 0) is 31.2 Å². The Hall–Kier alpha value is -1.42. The minimum Gasteiger partial charge on any atom is -0.496 e. The van der Waals surface area contributed by atoms with Crippen molar-refractivity contribution >= 4 is 0 Å². The van der Waals surface area contributed by atoms with Crippen molar-refractivity contribution in [3.8, 4) is 17.2 Å². The summed E-state index contributed by atoms with van der Waals surface area (Å²) in [4.78, 5) is 0. The third-order valence-electron chi connectivity index (χ3n) is 4.01. The van der Waals surface area contributed by atoms with Gasteiger partial charge in [-0.2, -0.15) is 0 Å². The molecule has 1 aliphatic rings. The van der Waals surface area contributed by atoms with Gasteiger partial charge in [-0.15, -0.1) is 0 Å². The first kappa shape index (κ1) is 15.0. The van der Waals surface area contributed by atoms with Crippen LogP contribution in [0.4, 0.5) is 0 Å². The Morgan fingerprint density at radius 1 is 1.10 bits per heavy atom. The number of rotatable bonds is 8. The largest absolute Gasteiger partial charge is 0.496 e. The topological polar surface area (TPSA) is 39.7 Å². The molecule has 20 heavy (non-hydrogen) atoms. The average Bonchev–Trinajstić information content (AvgIpc) is 3.31. The van der Waals surface area contributed by atoms with Gasteiger partial charge in [0.05, 0.1) is 26.9 Å². The fourth-order valence-corrected chi connectivity index (χ4v) is 2.51.